The number of aryl methyl sites for hydroxylation is 1. The molecule has 0 unspecified atom stereocenters. The standard InChI is InChI=1S/C17H19NO5S/c1-2-13-3-6-15(7-4-13)21-9-10-24(19,20)18-14-5-8-16-17(11-14)23-12-22-16/h3-8,11,18H,2,9-10,12H2,1H3. The number of ether oxygens (including phenoxy) is 3. The van der Waals surface area contributed by atoms with Crippen LogP contribution in [0.25, 0.3) is 0 Å². The zero-order valence-corrected chi connectivity index (χ0v) is 14.1. The van der Waals surface area contributed by atoms with Gasteiger partial charge in [-0.25, -0.2) is 8.42 Å². The molecule has 24 heavy (non-hydrogen) atoms. The number of benzene rings is 2. The number of rotatable bonds is 7. The summed E-state index contributed by atoms with van der Waals surface area (Å²) in [5.41, 5.74) is 1.64. The van der Waals surface area contributed by atoms with E-state index in [9.17, 15) is 8.42 Å². The van der Waals surface area contributed by atoms with Crippen LogP contribution in [0.5, 0.6) is 17.2 Å². The molecule has 1 aliphatic rings. The number of fused-ring (bicyclic) bond motifs is 1. The molecule has 0 atom stereocenters. The van der Waals surface area contributed by atoms with Gasteiger partial charge in [-0.2, -0.15) is 0 Å². The maximum absolute atomic E-state index is 12.1. The van der Waals surface area contributed by atoms with E-state index in [1.807, 2.05) is 24.3 Å². The first-order valence-electron chi connectivity index (χ1n) is 7.67. The SMILES string of the molecule is CCc1ccc(OCCS(=O)(=O)Nc2ccc3c(c2)OCO3)cc1. The maximum atomic E-state index is 12.1. The summed E-state index contributed by atoms with van der Waals surface area (Å²) in [5, 5.41) is 0. The van der Waals surface area contributed by atoms with Gasteiger partial charge in [-0.05, 0) is 36.2 Å². The zero-order valence-electron chi connectivity index (χ0n) is 13.3. The summed E-state index contributed by atoms with van der Waals surface area (Å²) in [6.07, 6.45) is 0.952. The maximum Gasteiger partial charge on any atom is 0.236 e. The van der Waals surface area contributed by atoms with Crippen molar-refractivity contribution in [2.45, 2.75) is 13.3 Å². The minimum Gasteiger partial charge on any atom is -0.492 e. The van der Waals surface area contributed by atoms with Crippen molar-refractivity contribution < 1.29 is 22.6 Å². The molecule has 6 nitrogen and oxygen atoms in total. The molecular weight excluding hydrogens is 330 g/mol. The average Bonchev–Trinajstić information content (AvgIpc) is 3.02. The fourth-order valence-electron chi connectivity index (χ4n) is 2.28. The van der Waals surface area contributed by atoms with Crippen molar-refractivity contribution in [1.82, 2.24) is 0 Å². The second-order valence-electron chi connectivity index (χ2n) is 5.33. The lowest BCUT2D eigenvalue weighted by Crippen LogP contribution is -2.21. The highest BCUT2D eigenvalue weighted by atomic mass is 32.2. The van der Waals surface area contributed by atoms with Crippen LogP contribution in [0.1, 0.15) is 12.5 Å². The molecule has 0 saturated carbocycles. The summed E-state index contributed by atoms with van der Waals surface area (Å²) in [7, 11) is -3.51. The molecule has 0 amide bonds. The van der Waals surface area contributed by atoms with Crippen LogP contribution in [0.4, 0.5) is 5.69 Å². The van der Waals surface area contributed by atoms with Crippen molar-refractivity contribution in [3.63, 3.8) is 0 Å². The topological polar surface area (TPSA) is 73.9 Å². The highest BCUT2D eigenvalue weighted by Crippen LogP contribution is 2.34. The van der Waals surface area contributed by atoms with E-state index in [1.54, 1.807) is 18.2 Å². The third kappa shape index (κ3) is 4.11. The van der Waals surface area contributed by atoms with E-state index in [-0.39, 0.29) is 19.2 Å². The Morgan fingerprint density at radius 3 is 2.58 bits per heavy atom. The van der Waals surface area contributed by atoms with Gasteiger partial charge in [0.25, 0.3) is 0 Å². The zero-order chi connectivity index (χ0) is 17.0. The van der Waals surface area contributed by atoms with Crippen molar-refractivity contribution in [1.29, 1.82) is 0 Å². The van der Waals surface area contributed by atoms with Gasteiger partial charge in [-0.3, -0.25) is 4.72 Å². The van der Waals surface area contributed by atoms with E-state index in [0.717, 1.165) is 6.42 Å². The fourth-order valence-corrected chi connectivity index (χ4v) is 3.17. The quantitative estimate of drug-likeness (QED) is 0.832. The summed E-state index contributed by atoms with van der Waals surface area (Å²) >= 11 is 0. The van der Waals surface area contributed by atoms with Crippen molar-refractivity contribution in [3.05, 3.63) is 48.0 Å². The van der Waals surface area contributed by atoms with Gasteiger partial charge in [-0.15, -0.1) is 0 Å². The predicted octanol–water partition coefficient (Wildman–Crippen LogP) is 2.80. The van der Waals surface area contributed by atoms with E-state index >= 15 is 0 Å². The van der Waals surface area contributed by atoms with Crippen LogP contribution in [0.2, 0.25) is 0 Å². The number of hydrogen-bond acceptors (Lipinski definition) is 5. The third-order valence-electron chi connectivity index (χ3n) is 3.60. The Bertz CT molecular complexity index is 802. The molecule has 128 valence electrons. The summed E-state index contributed by atoms with van der Waals surface area (Å²) in [5.74, 6) is 1.65. The van der Waals surface area contributed by atoms with Gasteiger partial charge in [0.1, 0.15) is 18.1 Å². The Balaban J connectivity index is 1.54. The van der Waals surface area contributed by atoms with Gasteiger partial charge in [0.05, 0.1) is 5.69 Å². The third-order valence-corrected chi connectivity index (χ3v) is 4.85. The molecular formula is C17H19NO5S. The molecule has 1 N–H and O–H groups in total. The van der Waals surface area contributed by atoms with Gasteiger partial charge >= 0.3 is 0 Å². The molecule has 0 aromatic heterocycles. The van der Waals surface area contributed by atoms with Crippen LogP contribution < -0.4 is 18.9 Å². The van der Waals surface area contributed by atoms with Gasteiger partial charge in [0.15, 0.2) is 11.5 Å². The lowest BCUT2D eigenvalue weighted by molar-refractivity contribution is 0.174. The molecule has 0 bridgehead atoms. The smallest absolute Gasteiger partial charge is 0.236 e. The second-order valence-corrected chi connectivity index (χ2v) is 7.18. The fraction of sp³-hybridized carbons (Fsp3) is 0.294. The van der Waals surface area contributed by atoms with Crippen LogP contribution in [-0.4, -0.2) is 27.6 Å². The first kappa shape index (κ1) is 16.4. The molecule has 0 spiro atoms. The first-order chi connectivity index (χ1) is 11.6. The summed E-state index contributed by atoms with van der Waals surface area (Å²) in [6, 6.07) is 12.5. The highest BCUT2D eigenvalue weighted by Gasteiger charge is 2.16. The molecule has 1 heterocycles. The number of anilines is 1. The van der Waals surface area contributed by atoms with Crippen LogP contribution >= 0.6 is 0 Å². The molecule has 0 saturated heterocycles. The van der Waals surface area contributed by atoms with Crippen LogP contribution in [0, 0.1) is 0 Å². The summed E-state index contributed by atoms with van der Waals surface area (Å²) < 4.78 is 42.7. The second kappa shape index (κ2) is 7.00. The Morgan fingerprint density at radius 2 is 1.83 bits per heavy atom. The number of hydrogen-bond donors (Lipinski definition) is 1. The van der Waals surface area contributed by atoms with Crippen molar-refractivity contribution in [2.75, 3.05) is 23.9 Å². The molecule has 0 radical (unpaired) electrons. The summed E-state index contributed by atoms with van der Waals surface area (Å²) in [4.78, 5) is 0. The van der Waals surface area contributed by atoms with E-state index < -0.39 is 10.0 Å². The van der Waals surface area contributed by atoms with Crippen LogP contribution in [0.15, 0.2) is 42.5 Å². The predicted molar refractivity (Wildman–Crippen MR) is 91.3 cm³/mol. The Morgan fingerprint density at radius 1 is 1.08 bits per heavy atom. The average molecular weight is 349 g/mol. The molecule has 0 fully saturated rings. The largest absolute Gasteiger partial charge is 0.492 e. The van der Waals surface area contributed by atoms with E-state index in [2.05, 4.69) is 11.6 Å². The molecule has 3 rings (SSSR count). The minimum atomic E-state index is -3.51. The van der Waals surface area contributed by atoms with Gasteiger partial charge in [0, 0.05) is 6.07 Å². The summed E-state index contributed by atoms with van der Waals surface area (Å²) in [6.45, 7) is 2.30. The van der Waals surface area contributed by atoms with Gasteiger partial charge in [-0.1, -0.05) is 19.1 Å². The molecule has 1 aliphatic heterocycles. The molecule has 2 aromatic rings. The molecule has 0 aliphatic carbocycles. The molecule has 2 aromatic carbocycles. The van der Waals surface area contributed by atoms with Crippen LogP contribution in [0.3, 0.4) is 0 Å². The van der Waals surface area contributed by atoms with Gasteiger partial charge in [0.2, 0.25) is 16.8 Å². The number of sulfonamides is 1. The number of nitrogens with one attached hydrogen (secondary N) is 1. The Labute approximate surface area is 141 Å². The van der Waals surface area contributed by atoms with Crippen molar-refractivity contribution in [3.8, 4) is 17.2 Å². The lowest BCUT2D eigenvalue weighted by atomic mass is 10.2. The van der Waals surface area contributed by atoms with Crippen molar-refractivity contribution in [2.24, 2.45) is 0 Å². The normalized spacial score (nSPS) is 12.9. The lowest BCUT2D eigenvalue weighted by Gasteiger charge is -2.10. The monoisotopic (exact) mass is 349 g/mol. The van der Waals surface area contributed by atoms with Crippen molar-refractivity contribution >= 4 is 15.7 Å². The Hall–Kier alpha value is -2.41. The van der Waals surface area contributed by atoms with E-state index in [1.165, 1.54) is 5.56 Å². The van der Waals surface area contributed by atoms with E-state index in [0.29, 0.717) is 22.9 Å². The molecule has 7 heteroatoms. The highest BCUT2D eigenvalue weighted by molar-refractivity contribution is 7.92. The Kier molecular flexibility index (Phi) is 4.80. The first-order valence-corrected chi connectivity index (χ1v) is 9.33. The minimum absolute atomic E-state index is 0.0748. The van der Waals surface area contributed by atoms with Gasteiger partial charge < -0.3 is 14.2 Å². The van der Waals surface area contributed by atoms with E-state index in [4.69, 9.17) is 14.2 Å². The van der Waals surface area contributed by atoms with Crippen LogP contribution in [-0.2, 0) is 16.4 Å².